The molecule has 1 aliphatic rings. The van der Waals surface area contributed by atoms with Crippen LogP contribution in [0.25, 0.3) is 0 Å². The van der Waals surface area contributed by atoms with E-state index in [0.717, 1.165) is 6.42 Å². The third-order valence-electron chi connectivity index (χ3n) is 3.45. The molecule has 0 spiro atoms. The predicted octanol–water partition coefficient (Wildman–Crippen LogP) is 3.35. The summed E-state index contributed by atoms with van der Waals surface area (Å²) in [6.45, 7) is 0. The second kappa shape index (κ2) is 4.09. The molecule has 3 rings (SSSR count). The van der Waals surface area contributed by atoms with Crippen LogP contribution in [-0.4, -0.2) is 4.98 Å². The molecule has 1 aromatic heterocycles. The topological polar surface area (TPSA) is 12.9 Å². The van der Waals surface area contributed by atoms with Crippen molar-refractivity contribution < 1.29 is 0 Å². The third-order valence-corrected chi connectivity index (χ3v) is 3.45. The molecule has 1 heteroatoms. The van der Waals surface area contributed by atoms with Gasteiger partial charge >= 0.3 is 0 Å². The van der Waals surface area contributed by atoms with Gasteiger partial charge in [0.1, 0.15) is 0 Å². The Morgan fingerprint density at radius 3 is 2.56 bits per heavy atom. The molecule has 0 N–H and O–H groups in total. The van der Waals surface area contributed by atoms with Gasteiger partial charge in [0, 0.05) is 17.8 Å². The molecule has 0 aliphatic heterocycles. The zero-order chi connectivity index (χ0) is 10.8. The monoisotopic (exact) mass is 209 g/mol. The SMILES string of the molecule is c1ccc(C2CCc3ccccc3C2)nc1. The van der Waals surface area contributed by atoms with Gasteiger partial charge in [0.2, 0.25) is 0 Å². The number of hydrogen-bond donors (Lipinski definition) is 0. The van der Waals surface area contributed by atoms with Gasteiger partial charge < -0.3 is 0 Å². The van der Waals surface area contributed by atoms with Gasteiger partial charge in [0.05, 0.1) is 0 Å². The van der Waals surface area contributed by atoms with E-state index in [1.165, 1.54) is 29.7 Å². The van der Waals surface area contributed by atoms with Gasteiger partial charge in [-0.2, -0.15) is 0 Å². The minimum absolute atomic E-state index is 0.607. The largest absolute Gasteiger partial charge is 0.261 e. The molecule has 0 fully saturated rings. The molecule has 16 heavy (non-hydrogen) atoms. The van der Waals surface area contributed by atoms with E-state index in [1.807, 2.05) is 12.3 Å². The molecule has 1 atom stereocenters. The lowest BCUT2D eigenvalue weighted by Gasteiger charge is -2.23. The molecule has 0 saturated heterocycles. The van der Waals surface area contributed by atoms with E-state index < -0.39 is 0 Å². The smallest absolute Gasteiger partial charge is 0.0437 e. The van der Waals surface area contributed by atoms with E-state index in [4.69, 9.17) is 0 Å². The molecule has 0 amide bonds. The van der Waals surface area contributed by atoms with Crippen LogP contribution in [0.2, 0.25) is 0 Å². The first-order valence-electron chi connectivity index (χ1n) is 5.91. The Bertz CT molecular complexity index is 476. The van der Waals surface area contributed by atoms with Crippen LogP contribution >= 0.6 is 0 Å². The zero-order valence-electron chi connectivity index (χ0n) is 9.26. The number of aryl methyl sites for hydroxylation is 1. The number of nitrogens with zero attached hydrogens (tertiary/aromatic N) is 1. The van der Waals surface area contributed by atoms with Crippen LogP contribution in [0, 0.1) is 0 Å². The molecule has 1 heterocycles. The lowest BCUT2D eigenvalue weighted by Crippen LogP contribution is -2.13. The second-order valence-corrected chi connectivity index (χ2v) is 4.46. The van der Waals surface area contributed by atoms with Crippen molar-refractivity contribution in [2.24, 2.45) is 0 Å². The Hall–Kier alpha value is -1.63. The molecule has 1 nitrogen and oxygen atoms in total. The summed E-state index contributed by atoms with van der Waals surface area (Å²) in [6.07, 6.45) is 5.47. The summed E-state index contributed by atoms with van der Waals surface area (Å²) in [5.74, 6) is 0.607. The van der Waals surface area contributed by atoms with Crippen molar-refractivity contribution in [3.8, 4) is 0 Å². The highest BCUT2D eigenvalue weighted by atomic mass is 14.7. The van der Waals surface area contributed by atoms with Gasteiger partial charge in [0.15, 0.2) is 0 Å². The maximum Gasteiger partial charge on any atom is 0.0437 e. The Morgan fingerprint density at radius 2 is 1.75 bits per heavy atom. The quantitative estimate of drug-likeness (QED) is 0.702. The molecule has 0 radical (unpaired) electrons. The Morgan fingerprint density at radius 1 is 0.938 bits per heavy atom. The Balaban J connectivity index is 1.89. The molecule has 1 unspecified atom stereocenters. The van der Waals surface area contributed by atoms with Gasteiger partial charge in [-0.15, -0.1) is 0 Å². The second-order valence-electron chi connectivity index (χ2n) is 4.46. The minimum Gasteiger partial charge on any atom is -0.261 e. The van der Waals surface area contributed by atoms with Crippen molar-refractivity contribution in [2.45, 2.75) is 25.2 Å². The summed E-state index contributed by atoms with van der Waals surface area (Å²) < 4.78 is 0. The molecule has 80 valence electrons. The maximum atomic E-state index is 4.48. The van der Waals surface area contributed by atoms with Crippen LogP contribution in [-0.2, 0) is 12.8 Å². The average molecular weight is 209 g/mol. The van der Waals surface area contributed by atoms with Crippen LogP contribution in [0.1, 0.15) is 29.2 Å². The van der Waals surface area contributed by atoms with Crippen LogP contribution in [0.5, 0.6) is 0 Å². The van der Waals surface area contributed by atoms with E-state index in [0.29, 0.717) is 5.92 Å². The van der Waals surface area contributed by atoms with E-state index in [1.54, 1.807) is 0 Å². The number of rotatable bonds is 1. The average Bonchev–Trinajstić information content (AvgIpc) is 2.39. The van der Waals surface area contributed by atoms with Crippen LogP contribution in [0.4, 0.5) is 0 Å². The Labute approximate surface area is 96.2 Å². The summed E-state index contributed by atoms with van der Waals surface area (Å²) in [5, 5.41) is 0. The van der Waals surface area contributed by atoms with Crippen LogP contribution in [0.3, 0.4) is 0 Å². The fourth-order valence-electron chi connectivity index (χ4n) is 2.57. The first-order valence-corrected chi connectivity index (χ1v) is 5.91. The first-order chi connectivity index (χ1) is 7.93. The third kappa shape index (κ3) is 1.73. The van der Waals surface area contributed by atoms with E-state index in [2.05, 4.69) is 41.4 Å². The standard InChI is InChI=1S/C15H15N/c1-2-6-13-11-14(9-8-12(13)5-1)15-7-3-4-10-16-15/h1-7,10,14H,8-9,11H2. The molecule has 0 bridgehead atoms. The first kappa shape index (κ1) is 9.59. The number of fused-ring (bicyclic) bond motifs is 1. The molecule has 1 aromatic carbocycles. The number of pyridine rings is 1. The van der Waals surface area contributed by atoms with Gasteiger partial charge in [-0.25, -0.2) is 0 Å². The molecule has 2 aromatic rings. The fourth-order valence-corrected chi connectivity index (χ4v) is 2.57. The van der Waals surface area contributed by atoms with Gasteiger partial charge in [-0.1, -0.05) is 30.3 Å². The van der Waals surface area contributed by atoms with Crippen LogP contribution in [0.15, 0.2) is 48.7 Å². The van der Waals surface area contributed by atoms with Gasteiger partial charge in [-0.05, 0) is 42.5 Å². The van der Waals surface area contributed by atoms with Gasteiger partial charge in [-0.3, -0.25) is 4.98 Å². The molecule has 0 saturated carbocycles. The summed E-state index contributed by atoms with van der Waals surface area (Å²) in [4.78, 5) is 4.48. The van der Waals surface area contributed by atoms with Crippen molar-refractivity contribution in [1.29, 1.82) is 0 Å². The lowest BCUT2D eigenvalue weighted by molar-refractivity contribution is 0.571. The highest BCUT2D eigenvalue weighted by Crippen LogP contribution is 2.31. The Kier molecular flexibility index (Phi) is 2.45. The molecule has 1 aliphatic carbocycles. The van der Waals surface area contributed by atoms with Gasteiger partial charge in [0.25, 0.3) is 0 Å². The van der Waals surface area contributed by atoms with Crippen molar-refractivity contribution in [2.75, 3.05) is 0 Å². The lowest BCUT2D eigenvalue weighted by atomic mass is 9.82. The van der Waals surface area contributed by atoms with Crippen molar-refractivity contribution >= 4 is 0 Å². The molecular formula is C15H15N. The summed E-state index contributed by atoms with van der Waals surface area (Å²) in [5.41, 5.74) is 4.27. The normalized spacial score (nSPS) is 19.1. The predicted molar refractivity (Wildman–Crippen MR) is 65.4 cm³/mol. The number of hydrogen-bond acceptors (Lipinski definition) is 1. The van der Waals surface area contributed by atoms with Crippen molar-refractivity contribution in [1.82, 2.24) is 4.98 Å². The molecular weight excluding hydrogens is 194 g/mol. The maximum absolute atomic E-state index is 4.48. The summed E-state index contributed by atoms with van der Waals surface area (Å²) in [7, 11) is 0. The minimum atomic E-state index is 0.607. The van der Waals surface area contributed by atoms with E-state index in [-0.39, 0.29) is 0 Å². The van der Waals surface area contributed by atoms with Crippen LogP contribution < -0.4 is 0 Å². The zero-order valence-corrected chi connectivity index (χ0v) is 9.26. The van der Waals surface area contributed by atoms with Crippen molar-refractivity contribution in [3.05, 3.63) is 65.5 Å². The summed E-state index contributed by atoms with van der Waals surface area (Å²) in [6, 6.07) is 15.0. The number of benzene rings is 1. The van der Waals surface area contributed by atoms with E-state index >= 15 is 0 Å². The highest BCUT2D eigenvalue weighted by Gasteiger charge is 2.20. The number of aromatic nitrogens is 1. The van der Waals surface area contributed by atoms with E-state index in [9.17, 15) is 0 Å². The highest BCUT2D eigenvalue weighted by molar-refractivity contribution is 5.32. The van der Waals surface area contributed by atoms with Crippen molar-refractivity contribution in [3.63, 3.8) is 0 Å². The fraction of sp³-hybridized carbons (Fsp3) is 0.267. The summed E-state index contributed by atoms with van der Waals surface area (Å²) >= 11 is 0.